The Labute approximate surface area is 203 Å². The van der Waals surface area contributed by atoms with E-state index in [0.717, 1.165) is 60.9 Å². The fourth-order valence-corrected chi connectivity index (χ4v) is 5.27. The number of fused-ring (bicyclic) bond motifs is 1. The molecule has 2 aliphatic carbocycles. The molecule has 0 aromatic carbocycles. The maximum Gasteiger partial charge on any atom is 0.164 e. The Balaban J connectivity index is 1.36. The summed E-state index contributed by atoms with van der Waals surface area (Å²) in [5, 5.41) is 27.2. The maximum absolute atomic E-state index is 9.17. The zero-order valence-electron chi connectivity index (χ0n) is 19.5. The third-order valence-corrected chi connectivity index (χ3v) is 7.26. The topological polar surface area (TPSA) is 136 Å². The number of nitrogens with one attached hydrogen (secondary N) is 1. The standard InChI is InChI=1S/C25H28N10/c26-11-16-9-17-13-30-35(25(17)29-12-16)24-10-22(31-19-3-1-2-4-19)21(14-28-24)23-15-34(33-32-23)20-7-5-18(27)6-8-20/h9-10,12-15,18-20H,1-8,27H2,(H,28,31). The Morgan fingerprint density at radius 2 is 1.83 bits per heavy atom. The number of hydrogen-bond acceptors (Lipinski definition) is 8. The third-order valence-electron chi connectivity index (χ3n) is 7.26. The van der Waals surface area contributed by atoms with Crippen LogP contribution in [-0.4, -0.2) is 46.8 Å². The van der Waals surface area contributed by atoms with E-state index in [2.05, 4.69) is 31.8 Å². The minimum Gasteiger partial charge on any atom is -0.382 e. The molecule has 10 nitrogen and oxygen atoms in total. The van der Waals surface area contributed by atoms with Crippen LogP contribution in [0.4, 0.5) is 5.69 Å². The van der Waals surface area contributed by atoms with Gasteiger partial charge in [-0.1, -0.05) is 18.1 Å². The first-order chi connectivity index (χ1) is 17.2. The van der Waals surface area contributed by atoms with E-state index in [4.69, 9.17) is 10.7 Å². The molecule has 0 amide bonds. The van der Waals surface area contributed by atoms with Crippen molar-refractivity contribution in [3.63, 3.8) is 0 Å². The van der Waals surface area contributed by atoms with Crippen LogP contribution < -0.4 is 11.1 Å². The molecule has 2 saturated carbocycles. The average Bonchev–Trinajstić information content (AvgIpc) is 3.65. The minimum atomic E-state index is 0.299. The molecule has 0 bridgehead atoms. The summed E-state index contributed by atoms with van der Waals surface area (Å²) in [6.45, 7) is 0. The lowest BCUT2D eigenvalue weighted by Crippen LogP contribution is -2.28. The van der Waals surface area contributed by atoms with Crippen LogP contribution in [0.5, 0.6) is 0 Å². The number of nitrogens with two attached hydrogens (primary N) is 1. The molecule has 2 aliphatic rings. The molecule has 0 spiro atoms. The number of nitrogens with zero attached hydrogens (tertiary/aromatic N) is 8. The van der Waals surface area contributed by atoms with E-state index >= 15 is 0 Å². The van der Waals surface area contributed by atoms with Crippen LogP contribution in [0, 0.1) is 11.3 Å². The molecule has 4 heterocycles. The minimum absolute atomic E-state index is 0.299. The Bertz CT molecular complexity index is 1380. The fraction of sp³-hybridized carbons (Fsp3) is 0.440. The lowest BCUT2D eigenvalue weighted by molar-refractivity contribution is 0.300. The number of nitriles is 1. The molecule has 3 N–H and O–H groups in total. The molecule has 2 fully saturated rings. The fourth-order valence-electron chi connectivity index (χ4n) is 5.27. The highest BCUT2D eigenvalue weighted by molar-refractivity contribution is 5.79. The SMILES string of the molecule is N#Cc1cnc2c(cnn2-c2cc(NC3CCCC3)c(-c3cn(C4CCC(N)CC4)nn3)cn2)c1. The van der Waals surface area contributed by atoms with Gasteiger partial charge in [-0.3, -0.25) is 0 Å². The van der Waals surface area contributed by atoms with Crippen molar-refractivity contribution in [1.82, 2.24) is 34.7 Å². The van der Waals surface area contributed by atoms with Gasteiger partial charge in [0.2, 0.25) is 0 Å². The van der Waals surface area contributed by atoms with Gasteiger partial charge in [-0.2, -0.15) is 15.0 Å². The van der Waals surface area contributed by atoms with Crippen LogP contribution in [0.25, 0.3) is 28.1 Å². The molecule has 4 aromatic rings. The summed E-state index contributed by atoms with van der Waals surface area (Å²) < 4.78 is 3.70. The molecule has 10 heteroatoms. The first-order valence-electron chi connectivity index (χ1n) is 12.4. The van der Waals surface area contributed by atoms with E-state index in [1.807, 2.05) is 23.1 Å². The first-order valence-corrected chi connectivity index (χ1v) is 12.4. The Morgan fingerprint density at radius 3 is 2.63 bits per heavy atom. The maximum atomic E-state index is 9.17. The number of rotatable bonds is 5. The van der Waals surface area contributed by atoms with Crippen molar-refractivity contribution in [3.05, 3.63) is 42.5 Å². The molecule has 0 atom stereocenters. The van der Waals surface area contributed by atoms with Gasteiger partial charge in [0.15, 0.2) is 11.5 Å². The molecule has 178 valence electrons. The molecule has 0 aliphatic heterocycles. The van der Waals surface area contributed by atoms with Crippen molar-refractivity contribution >= 4 is 16.7 Å². The van der Waals surface area contributed by atoms with Crippen molar-refractivity contribution in [2.24, 2.45) is 5.73 Å². The smallest absolute Gasteiger partial charge is 0.164 e. The Kier molecular flexibility index (Phi) is 5.62. The summed E-state index contributed by atoms with van der Waals surface area (Å²) in [5.41, 5.74) is 9.96. The highest BCUT2D eigenvalue weighted by atomic mass is 15.4. The van der Waals surface area contributed by atoms with E-state index in [-0.39, 0.29) is 0 Å². The van der Waals surface area contributed by atoms with Gasteiger partial charge in [0.25, 0.3) is 0 Å². The van der Waals surface area contributed by atoms with Crippen molar-refractivity contribution in [1.29, 1.82) is 5.26 Å². The first kappa shape index (κ1) is 21.7. The largest absolute Gasteiger partial charge is 0.382 e. The number of anilines is 1. The molecule has 0 radical (unpaired) electrons. The Hall–Kier alpha value is -3.84. The van der Waals surface area contributed by atoms with Crippen molar-refractivity contribution in [3.8, 4) is 23.1 Å². The number of pyridine rings is 2. The van der Waals surface area contributed by atoms with E-state index < -0.39 is 0 Å². The van der Waals surface area contributed by atoms with Crippen molar-refractivity contribution in [2.45, 2.75) is 69.5 Å². The molecular weight excluding hydrogens is 440 g/mol. The zero-order valence-corrected chi connectivity index (χ0v) is 19.5. The summed E-state index contributed by atoms with van der Waals surface area (Å²) in [5.74, 6) is 0.662. The van der Waals surface area contributed by atoms with E-state index in [1.54, 1.807) is 23.1 Å². The second kappa shape index (κ2) is 9.07. The highest BCUT2D eigenvalue weighted by Gasteiger charge is 2.23. The van der Waals surface area contributed by atoms with Gasteiger partial charge < -0.3 is 11.1 Å². The molecule has 0 unspecified atom stereocenters. The quantitative estimate of drug-likeness (QED) is 0.452. The number of aromatic nitrogens is 7. The van der Waals surface area contributed by atoms with Gasteiger partial charge in [-0.05, 0) is 44.6 Å². The predicted octanol–water partition coefficient (Wildman–Crippen LogP) is 3.74. The lowest BCUT2D eigenvalue weighted by Gasteiger charge is -2.25. The van der Waals surface area contributed by atoms with Crippen LogP contribution in [0.3, 0.4) is 0 Å². The van der Waals surface area contributed by atoms with Crippen LogP contribution in [0.2, 0.25) is 0 Å². The Morgan fingerprint density at radius 1 is 1.00 bits per heavy atom. The van der Waals surface area contributed by atoms with Gasteiger partial charge >= 0.3 is 0 Å². The van der Waals surface area contributed by atoms with Gasteiger partial charge in [-0.15, -0.1) is 5.10 Å². The van der Waals surface area contributed by atoms with Gasteiger partial charge in [0.05, 0.1) is 24.0 Å². The third kappa shape index (κ3) is 4.23. The normalized spacial score (nSPS) is 20.8. The monoisotopic (exact) mass is 468 g/mol. The lowest BCUT2D eigenvalue weighted by atomic mass is 9.92. The van der Waals surface area contributed by atoms with Crippen molar-refractivity contribution in [2.75, 3.05) is 5.32 Å². The molecule has 6 rings (SSSR count). The zero-order chi connectivity index (χ0) is 23.8. The van der Waals surface area contributed by atoms with Gasteiger partial charge in [-0.25, -0.2) is 14.6 Å². The van der Waals surface area contributed by atoms with Crippen LogP contribution in [0.1, 0.15) is 63.0 Å². The molecular formula is C25H28N10. The summed E-state index contributed by atoms with van der Waals surface area (Å²) in [6.07, 6.45) is 16.0. The van der Waals surface area contributed by atoms with Gasteiger partial charge in [0, 0.05) is 47.2 Å². The summed E-state index contributed by atoms with van der Waals surface area (Å²) in [6, 6.07) is 6.98. The van der Waals surface area contributed by atoms with Crippen LogP contribution in [0.15, 0.2) is 36.9 Å². The van der Waals surface area contributed by atoms with Crippen LogP contribution >= 0.6 is 0 Å². The predicted molar refractivity (Wildman–Crippen MR) is 132 cm³/mol. The van der Waals surface area contributed by atoms with Crippen LogP contribution in [-0.2, 0) is 0 Å². The van der Waals surface area contributed by atoms with Crippen molar-refractivity contribution < 1.29 is 0 Å². The van der Waals surface area contributed by atoms with E-state index in [1.165, 1.54) is 12.8 Å². The molecule has 35 heavy (non-hydrogen) atoms. The summed E-state index contributed by atoms with van der Waals surface area (Å²) in [7, 11) is 0. The van der Waals surface area contributed by atoms with E-state index in [9.17, 15) is 5.26 Å². The van der Waals surface area contributed by atoms with E-state index in [0.29, 0.717) is 35.2 Å². The number of hydrogen-bond donors (Lipinski definition) is 2. The average molecular weight is 469 g/mol. The second-order valence-electron chi connectivity index (χ2n) is 9.67. The van der Waals surface area contributed by atoms with Gasteiger partial charge in [0.1, 0.15) is 11.8 Å². The summed E-state index contributed by atoms with van der Waals surface area (Å²) in [4.78, 5) is 9.16. The second-order valence-corrected chi connectivity index (χ2v) is 9.67. The highest BCUT2D eigenvalue weighted by Crippen LogP contribution is 2.33. The molecule has 0 saturated heterocycles. The molecule has 4 aromatic heterocycles. The summed E-state index contributed by atoms with van der Waals surface area (Å²) >= 11 is 0.